The first-order valence-electron chi connectivity index (χ1n) is 9.35. The van der Waals surface area contributed by atoms with Crippen molar-refractivity contribution in [2.24, 2.45) is 0 Å². The number of pyridine rings is 2. The van der Waals surface area contributed by atoms with E-state index in [1.807, 2.05) is 0 Å². The van der Waals surface area contributed by atoms with Crippen molar-refractivity contribution < 1.29 is 14.1 Å². The van der Waals surface area contributed by atoms with Crippen molar-refractivity contribution in [2.45, 2.75) is 19.4 Å². The summed E-state index contributed by atoms with van der Waals surface area (Å²) in [5, 5.41) is 3.86. The maximum Gasteiger partial charge on any atom is 0.272 e. The van der Waals surface area contributed by atoms with E-state index in [-0.39, 0.29) is 18.4 Å². The third-order valence-electron chi connectivity index (χ3n) is 4.77. The fourth-order valence-electron chi connectivity index (χ4n) is 3.38. The van der Waals surface area contributed by atoms with Gasteiger partial charge in [-0.15, -0.1) is 0 Å². The van der Waals surface area contributed by atoms with Gasteiger partial charge in [-0.3, -0.25) is 19.6 Å². The predicted molar refractivity (Wildman–Crippen MR) is 102 cm³/mol. The first-order chi connectivity index (χ1) is 14.1. The molecule has 1 aliphatic rings. The average molecular weight is 392 g/mol. The highest BCUT2D eigenvalue weighted by atomic mass is 16.5. The lowest BCUT2D eigenvalue weighted by Gasteiger charge is -2.29. The highest BCUT2D eigenvalue weighted by molar-refractivity contribution is 5.94. The maximum absolute atomic E-state index is 13.2. The van der Waals surface area contributed by atoms with Crippen LogP contribution in [0, 0.1) is 6.92 Å². The van der Waals surface area contributed by atoms with Crippen LogP contribution in [0.2, 0.25) is 0 Å². The van der Waals surface area contributed by atoms with Crippen LogP contribution < -0.4 is 0 Å². The highest BCUT2D eigenvalue weighted by Crippen LogP contribution is 2.26. The number of carbonyl (C=O) groups excluding carboxylic acids is 2. The van der Waals surface area contributed by atoms with Gasteiger partial charge in [-0.05, 0) is 37.6 Å². The quantitative estimate of drug-likeness (QED) is 0.670. The maximum atomic E-state index is 13.2. The summed E-state index contributed by atoms with van der Waals surface area (Å²) in [6, 6.07) is 8.09. The van der Waals surface area contributed by atoms with Crippen molar-refractivity contribution in [1.82, 2.24) is 29.9 Å². The molecular weight excluding hydrogens is 372 g/mol. The molecule has 0 aliphatic carbocycles. The summed E-state index contributed by atoms with van der Waals surface area (Å²) in [5.74, 6) is 0.398. The smallest absolute Gasteiger partial charge is 0.272 e. The summed E-state index contributed by atoms with van der Waals surface area (Å²) in [4.78, 5) is 42.0. The van der Waals surface area contributed by atoms with E-state index in [4.69, 9.17) is 4.52 Å². The summed E-state index contributed by atoms with van der Waals surface area (Å²) in [5.41, 5.74) is 0.832. The Hall–Kier alpha value is -3.62. The number of nitrogens with zero attached hydrogens (tertiary/aromatic N) is 6. The van der Waals surface area contributed by atoms with Gasteiger partial charge in [-0.1, -0.05) is 11.2 Å². The second-order valence-corrected chi connectivity index (χ2v) is 6.76. The number of hydrogen-bond acceptors (Lipinski definition) is 7. The summed E-state index contributed by atoms with van der Waals surface area (Å²) in [7, 11) is 0. The highest BCUT2D eigenvalue weighted by Gasteiger charge is 2.35. The number of aryl methyl sites for hydroxylation is 1. The van der Waals surface area contributed by atoms with E-state index >= 15 is 0 Å². The molecule has 9 heteroatoms. The second-order valence-electron chi connectivity index (χ2n) is 6.76. The Morgan fingerprint density at radius 2 is 2.00 bits per heavy atom. The summed E-state index contributed by atoms with van der Waals surface area (Å²) in [6.07, 6.45) is 5.35. The van der Waals surface area contributed by atoms with Crippen LogP contribution in [0.5, 0.6) is 0 Å². The molecule has 0 aromatic carbocycles. The van der Waals surface area contributed by atoms with Gasteiger partial charge >= 0.3 is 0 Å². The van der Waals surface area contributed by atoms with Crippen molar-refractivity contribution in [3.63, 3.8) is 0 Å². The van der Waals surface area contributed by atoms with Crippen molar-refractivity contribution >= 4 is 11.8 Å². The number of rotatable bonds is 3. The number of hydrogen-bond donors (Lipinski definition) is 0. The number of carbonyl (C=O) groups is 2. The van der Waals surface area contributed by atoms with Crippen LogP contribution in [0.4, 0.5) is 0 Å². The van der Waals surface area contributed by atoms with Gasteiger partial charge in [0.2, 0.25) is 0 Å². The monoisotopic (exact) mass is 392 g/mol. The lowest BCUT2D eigenvalue weighted by Crippen LogP contribution is -2.40. The molecule has 9 nitrogen and oxygen atoms in total. The van der Waals surface area contributed by atoms with Gasteiger partial charge in [0.05, 0.1) is 12.1 Å². The SMILES string of the molecule is Cc1noc(C2CN(C(=O)c3ccccn3)CCCN2C(=O)c2cccnc2)n1. The summed E-state index contributed by atoms with van der Waals surface area (Å²) < 4.78 is 5.39. The first kappa shape index (κ1) is 18.7. The van der Waals surface area contributed by atoms with Crippen LogP contribution in [0.3, 0.4) is 0 Å². The molecule has 0 radical (unpaired) electrons. The van der Waals surface area contributed by atoms with Crippen LogP contribution in [0.25, 0.3) is 0 Å². The normalized spacial score (nSPS) is 17.1. The van der Waals surface area contributed by atoms with E-state index in [1.54, 1.807) is 59.4 Å². The molecule has 1 atom stereocenters. The molecule has 0 N–H and O–H groups in total. The van der Waals surface area contributed by atoms with E-state index in [9.17, 15) is 9.59 Å². The van der Waals surface area contributed by atoms with Gasteiger partial charge < -0.3 is 14.3 Å². The molecule has 0 saturated carbocycles. The lowest BCUT2D eigenvalue weighted by atomic mass is 10.1. The molecule has 0 bridgehead atoms. The largest absolute Gasteiger partial charge is 0.337 e. The topological polar surface area (TPSA) is 105 Å². The minimum absolute atomic E-state index is 0.189. The molecule has 3 aromatic heterocycles. The minimum Gasteiger partial charge on any atom is -0.337 e. The zero-order valence-corrected chi connectivity index (χ0v) is 15.9. The molecule has 2 amide bonds. The molecule has 1 saturated heterocycles. The molecule has 0 spiro atoms. The summed E-state index contributed by atoms with van der Waals surface area (Å²) >= 11 is 0. The lowest BCUT2D eigenvalue weighted by molar-refractivity contribution is 0.0590. The molecule has 148 valence electrons. The van der Waals surface area contributed by atoms with Gasteiger partial charge in [-0.25, -0.2) is 0 Å². The van der Waals surface area contributed by atoms with Gasteiger partial charge in [0.1, 0.15) is 11.7 Å². The Balaban J connectivity index is 1.66. The molecule has 1 fully saturated rings. The van der Waals surface area contributed by atoms with Crippen LogP contribution in [-0.2, 0) is 0 Å². The Kier molecular flexibility index (Phi) is 5.28. The van der Waals surface area contributed by atoms with E-state index in [0.717, 1.165) is 0 Å². The van der Waals surface area contributed by atoms with Crippen molar-refractivity contribution in [3.8, 4) is 0 Å². The van der Waals surface area contributed by atoms with E-state index in [2.05, 4.69) is 20.1 Å². The van der Waals surface area contributed by atoms with E-state index in [1.165, 1.54) is 6.20 Å². The number of amides is 2. The third kappa shape index (κ3) is 3.98. The average Bonchev–Trinajstić information content (AvgIpc) is 3.07. The van der Waals surface area contributed by atoms with E-state index < -0.39 is 6.04 Å². The molecule has 4 rings (SSSR count). The molecule has 3 aromatic rings. The molecule has 4 heterocycles. The summed E-state index contributed by atoms with van der Waals surface area (Å²) in [6.45, 7) is 2.90. The zero-order chi connectivity index (χ0) is 20.2. The fraction of sp³-hybridized carbons (Fsp3) is 0.300. The van der Waals surface area contributed by atoms with Gasteiger partial charge in [0.25, 0.3) is 17.7 Å². The molecule has 1 aliphatic heterocycles. The van der Waals surface area contributed by atoms with E-state index in [0.29, 0.717) is 42.5 Å². The van der Waals surface area contributed by atoms with Crippen molar-refractivity contribution in [1.29, 1.82) is 0 Å². The Bertz CT molecular complexity index is 992. The third-order valence-corrected chi connectivity index (χ3v) is 4.77. The molecule has 29 heavy (non-hydrogen) atoms. The zero-order valence-electron chi connectivity index (χ0n) is 15.9. The Morgan fingerprint density at radius 1 is 1.10 bits per heavy atom. The molecule has 1 unspecified atom stereocenters. The number of aromatic nitrogens is 4. The van der Waals surface area contributed by atoms with Gasteiger partial charge in [0.15, 0.2) is 5.82 Å². The molecular formula is C20H20N6O3. The fourth-order valence-corrected chi connectivity index (χ4v) is 3.38. The Morgan fingerprint density at radius 3 is 2.69 bits per heavy atom. The second kappa shape index (κ2) is 8.17. The van der Waals surface area contributed by atoms with Crippen LogP contribution in [-0.4, -0.2) is 61.4 Å². The van der Waals surface area contributed by atoms with Gasteiger partial charge in [0, 0.05) is 31.7 Å². The van der Waals surface area contributed by atoms with Crippen molar-refractivity contribution in [3.05, 3.63) is 71.9 Å². The van der Waals surface area contributed by atoms with Crippen LogP contribution in [0.1, 0.15) is 45.0 Å². The Labute approximate surface area is 167 Å². The van der Waals surface area contributed by atoms with Crippen LogP contribution in [0.15, 0.2) is 53.4 Å². The minimum atomic E-state index is -0.556. The van der Waals surface area contributed by atoms with Gasteiger partial charge in [-0.2, -0.15) is 4.98 Å². The predicted octanol–water partition coefficient (Wildman–Crippen LogP) is 1.90. The van der Waals surface area contributed by atoms with Crippen LogP contribution >= 0.6 is 0 Å². The first-order valence-corrected chi connectivity index (χ1v) is 9.35. The van der Waals surface area contributed by atoms with Crippen molar-refractivity contribution in [2.75, 3.05) is 19.6 Å². The standard InChI is InChI=1S/C20H20N6O3/c1-14-23-18(29-24-14)17-13-25(20(28)16-7-2-3-9-22-16)10-5-11-26(17)19(27)15-6-4-8-21-12-15/h2-4,6-9,12,17H,5,10-11,13H2,1H3.